The van der Waals surface area contributed by atoms with Gasteiger partial charge in [-0.2, -0.15) is 0 Å². The van der Waals surface area contributed by atoms with E-state index in [1.807, 2.05) is 13.8 Å². The molecule has 1 aromatic rings. The second-order valence-corrected chi connectivity index (χ2v) is 8.01. The van der Waals surface area contributed by atoms with E-state index in [-0.39, 0.29) is 23.9 Å². The first kappa shape index (κ1) is 22.4. The molecule has 0 spiro atoms. The number of benzene rings is 1. The molecule has 1 aliphatic carbocycles. The van der Waals surface area contributed by atoms with E-state index in [9.17, 15) is 14.7 Å². The minimum Gasteiger partial charge on any atom is -0.503 e. The van der Waals surface area contributed by atoms with Crippen LogP contribution in [0.3, 0.4) is 0 Å². The van der Waals surface area contributed by atoms with Gasteiger partial charge in [0.25, 0.3) is 0 Å². The molecule has 2 N–H and O–H groups in total. The van der Waals surface area contributed by atoms with E-state index in [0.717, 1.165) is 18.5 Å². The van der Waals surface area contributed by atoms with Crippen LogP contribution >= 0.6 is 15.9 Å². The predicted octanol–water partition coefficient (Wildman–Crippen LogP) is 3.71. The first-order valence-corrected chi connectivity index (χ1v) is 10.7. The first-order valence-electron chi connectivity index (χ1n) is 9.94. The highest BCUT2D eigenvalue weighted by Crippen LogP contribution is 2.46. The van der Waals surface area contributed by atoms with Crippen molar-refractivity contribution in [2.24, 2.45) is 0 Å². The number of phenolic OH excluding ortho intramolecular Hbond substituents is 1. The normalized spacial score (nSPS) is 18.8. The highest BCUT2D eigenvalue weighted by Gasteiger charge is 2.39. The Morgan fingerprint density at radius 1 is 1.30 bits per heavy atom. The maximum Gasteiger partial charge on any atom is 0.336 e. The van der Waals surface area contributed by atoms with Crippen molar-refractivity contribution >= 4 is 27.7 Å². The van der Waals surface area contributed by atoms with Gasteiger partial charge in [0.05, 0.1) is 23.8 Å². The number of carbonyl (C=O) groups is 2. The van der Waals surface area contributed by atoms with E-state index in [2.05, 4.69) is 21.2 Å². The molecule has 0 saturated carbocycles. The predicted molar refractivity (Wildman–Crippen MR) is 114 cm³/mol. The van der Waals surface area contributed by atoms with Gasteiger partial charge in [-0.1, -0.05) is 0 Å². The van der Waals surface area contributed by atoms with Crippen molar-refractivity contribution < 1.29 is 28.9 Å². The molecule has 1 aliphatic heterocycles. The van der Waals surface area contributed by atoms with Crippen LogP contribution in [0.5, 0.6) is 11.5 Å². The topological polar surface area (TPSA) is 94.1 Å². The number of hydrogen-bond donors (Lipinski definition) is 2. The Kier molecular flexibility index (Phi) is 7.20. The lowest BCUT2D eigenvalue weighted by Gasteiger charge is -2.34. The number of ether oxygens (including phenoxy) is 3. The third-order valence-electron chi connectivity index (χ3n) is 5.26. The van der Waals surface area contributed by atoms with E-state index in [0.29, 0.717) is 46.5 Å². The van der Waals surface area contributed by atoms with Gasteiger partial charge < -0.3 is 24.6 Å². The van der Waals surface area contributed by atoms with Crippen LogP contribution in [-0.2, 0) is 19.1 Å². The van der Waals surface area contributed by atoms with Crippen molar-refractivity contribution in [1.29, 1.82) is 0 Å². The molecule has 30 heavy (non-hydrogen) atoms. The Labute approximate surface area is 184 Å². The number of nitrogens with one attached hydrogen (secondary N) is 1. The van der Waals surface area contributed by atoms with Crippen LogP contribution in [0.1, 0.15) is 44.6 Å². The summed E-state index contributed by atoms with van der Waals surface area (Å²) in [5, 5.41) is 13.5. The Hall–Kier alpha value is -2.32. The minimum atomic E-state index is -0.612. The maximum atomic E-state index is 13.0. The fourth-order valence-corrected chi connectivity index (χ4v) is 4.38. The number of allylic oxidation sites excluding steroid dienone is 3. The molecule has 1 atom stereocenters. The lowest BCUT2D eigenvalue weighted by Crippen LogP contribution is -2.34. The van der Waals surface area contributed by atoms with E-state index < -0.39 is 11.9 Å². The molecule has 0 saturated heterocycles. The second-order valence-electron chi connectivity index (χ2n) is 7.15. The van der Waals surface area contributed by atoms with Gasteiger partial charge in [-0.25, -0.2) is 4.79 Å². The fraction of sp³-hybridized carbons (Fsp3) is 0.455. The Morgan fingerprint density at radius 3 is 2.77 bits per heavy atom. The largest absolute Gasteiger partial charge is 0.503 e. The Bertz CT molecular complexity index is 920. The molecule has 1 aromatic carbocycles. The van der Waals surface area contributed by atoms with Crippen molar-refractivity contribution in [2.75, 3.05) is 26.9 Å². The standard InChI is InChI=1S/C22H26BrNO6/c1-4-29-8-9-30-22(27)18-12(2)24-15-6-5-7-16(25)20(15)19(18)13-10-14(23)21(26)17(11-13)28-3/h10-11,19,24,26H,4-9H2,1-3H3/t19-/m1/s1. The van der Waals surface area contributed by atoms with E-state index in [1.165, 1.54) is 7.11 Å². The number of Topliss-reactive ketones (excluding diaryl/α,β-unsaturated/α-hetero) is 1. The van der Waals surface area contributed by atoms with Gasteiger partial charge in [0.2, 0.25) is 0 Å². The third-order valence-corrected chi connectivity index (χ3v) is 5.87. The summed E-state index contributed by atoms with van der Waals surface area (Å²) in [5.74, 6) is -0.896. The number of carbonyl (C=O) groups excluding carboxylic acids is 2. The summed E-state index contributed by atoms with van der Waals surface area (Å²) in [6, 6.07) is 3.37. The molecule has 7 nitrogen and oxygen atoms in total. The number of halogens is 1. The summed E-state index contributed by atoms with van der Waals surface area (Å²) in [4.78, 5) is 25.9. The highest BCUT2D eigenvalue weighted by atomic mass is 79.9. The highest BCUT2D eigenvalue weighted by molar-refractivity contribution is 9.10. The molecule has 0 bridgehead atoms. The van der Waals surface area contributed by atoms with Crippen LogP contribution in [0.2, 0.25) is 0 Å². The van der Waals surface area contributed by atoms with Gasteiger partial charge in [0.1, 0.15) is 6.61 Å². The summed E-state index contributed by atoms with van der Waals surface area (Å²) in [6.45, 7) is 4.64. The number of phenols is 1. The van der Waals surface area contributed by atoms with Gasteiger partial charge >= 0.3 is 5.97 Å². The number of dihydropyridines is 1. The molecule has 0 fully saturated rings. The van der Waals surface area contributed by atoms with Gasteiger partial charge in [-0.3, -0.25) is 4.79 Å². The van der Waals surface area contributed by atoms with Crippen LogP contribution in [-0.4, -0.2) is 43.8 Å². The Morgan fingerprint density at radius 2 is 2.07 bits per heavy atom. The molecule has 2 aliphatic rings. The fourth-order valence-electron chi connectivity index (χ4n) is 3.92. The molecule has 0 aromatic heterocycles. The molecule has 0 amide bonds. The second kappa shape index (κ2) is 9.66. The number of esters is 1. The number of rotatable bonds is 7. The summed E-state index contributed by atoms with van der Waals surface area (Å²) in [7, 11) is 1.45. The molecular formula is C22H26BrNO6. The smallest absolute Gasteiger partial charge is 0.336 e. The van der Waals surface area contributed by atoms with Crippen molar-refractivity contribution in [2.45, 2.75) is 39.0 Å². The number of ketones is 1. The van der Waals surface area contributed by atoms with Crippen molar-refractivity contribution in [1.82, 2.24) is 5.32 Å². The van der Waals surface area contributed by atoms with Gasteiger partial charge in [-0.15, -0.1) is 0 Å². The van der Waals surface area contributed by atoms with Crippen LogP contribution < -0.4 is 10.1 Å². The van der Waals surface area contributed by atoms with E-state index >= 15 is 0 Å². The van der Waals surface area contributed by atoms with Gasteiger partial charge in [0.15, 0.2) is 17.3 Å². The monoisotopic (exact) mass is 479 g/mol. The Balaban J connectivity index is 2.08. The third kappa shape index (κ3) is 4.39. The molecule has 0 radical (unpaired) electrons. The van der Waals surface area contributed by atoms with Gasteiger partial charge in [-0.05, 0) is 60.3 Å². The summed E-state index contributed by atoms with van der Waals surface area (Å²) < 4.78 is 16.4. The van der Waals surface area contributed by atoms with Crippen molar-refractivity contribution in [3.63, 3.8) is 0 Å². The molecule has 0 unspecified atom stereocenters. The molecule has 3 rings (SSSR count). The number of methoxy groups -OCH3 is 1. The quantitative estimate of drug-likeness (QED) is 0.454. The lowest BCUT2D eigenvalue weighted by atomic mass is 9.75. The number of aromatic hydroxyl groups is 1. The average Bonchev–Trinajstić information content (AvgIpc) is 2.72. The minimum absolute atomic E-state index is 0.00373. The summed E-state index contributed by atoms with van der Waals surface area (Å²) in [6.07, 6.45) is 1.93. The van der Waals surface area contributed by atoms with Crippen molar-refractivity contribution in [3.05, 3.63) is 44.7 Å². The molecule has 8 heteroatoms. The summed E-state index contributed by atoms with van der Waals surface area (Å²) >= 11 is 3.34. The van der Waals surface area contributed by atoms with Crippen LogP contribution in [0.4, 0.5) is 0 Å². The molecule has 162 valence electrons. The summed E-state index contributed by atoms with van der Waals surface area (Å²) in [5.41, 5.74) is 3.10. The molecular weight excluding hydrogens is 454 g/mol. The van der Waals surface area contributed by atoms with E-state index in [1.54, 1.807) is 12.1 Å². The number of hydrogen-bond acceptors (Lipinski definition) is 7. The van der Waals surface area contributed by atoms with Crippen LogP contribution in [0.25, 0.3) is 0 Å². The van der Waals surface area contributed by atoms with Crippen LogP contribution in [0, 0.1) is 0 Å². The van der Waals surface area contributed by atoms with Crippen LogP contribution in [0.15, 0.2) is 39.1 Å². The maximum absolute atomic E-state index is 13.0. The lowest BCUT2D eigenvalue weighted by molar-refractivity contribution is -0.140. The zero-order valence-corrected chi connectivity index (χ0v) is 18.9. The molecule has 1 heterocycles. The zero-order chi connectivity index (χ0) is 21.8. The van der Waals surface area contributed by atoms with E-state index in [4.69, 9.17) is 14.2 Å². The van der Waals surface area contributed by atoms with Gasteiger partial charge in [0, 0.05) is 35.9 Å². The van der Waals surface area contributed by atoms with Crippen molar-refractivity contribution in [3.8, 4) is 11.5 Å². The first-order chi connectivity index (χ1) is 14.4. The SMILES string of the molecule is CCOCCOC(=O)C1=C(C)NC2=C(C(=O)CCC2)[C@@H]1c1cc(Br)c(O)c(OC)c1. The average molecular weight is 480 g/mol. The zero-order valence-electron chi connectivity index (χ0n) is 17.3.